The number of halogens is 2. The van der Waals surface area contributed by atoms with Gasteiger partial charge in [-0.05, 0) is 42.7 Å². The quantitative estimate of drug-likeness (QED) is 0.176. The number of methoxy groups -OCH3 is 1. The zero-order chi connectivity index (χ0) is 32.6. The second kappa shape index (κ2) is 12.5. The number of aromatic nitrogens is 3. The van der Waals surface area contributed by atoms with E-state index >= 15 is 8.78 Å². The molecular weight excluding hydrogens is 594 g/mol. The first-order valence-electron chi connectivity index (χ1n) is 14.0. The van der Waals surface area contributed by atoms with Crippen LogP contribution in [0, 0.1) is 28.8 Å². The molecule has 1 aliphatic heterocycles. The number of aliphatic hydroxyl groups excluding tert-OH is 1. The molecule has 1 saturated heterocycles. The molecular formula is C30H30F2N6O7. The molecule has 1 aliphatic rings. The number of amides is 1. The lowest BCUT2D eigenvalue weighted by Crippen LogP contribution is -2.54. The summed E-state index contributed by atoms with van der Waals surface area (Å²) in [6.07, 6.45) is 0.450. The van der Waals surface area contributed by atoms with Crippen LogP contribution in [0.5, 0.6) is 11.5 Å². The maximum Gasteiger partial charge on any atom is 0.415 e. The van der Waals surface area contributed by atoms with Crippen molar-refractivity contribution in [3.63, 3.8) is 0 Å². The Hall–Kier alpha value is -5.02. The number of piperazine rings is 1. The predicted octanol–water partition coefficient (Wildman–Crippen LogP) is 3.84. The summed E-state index contributed by atoms with van der Waals surface area (Å²) < 4.78 is 42.8. The molecule has 3 aromatic heterocycles. The number of pyridine rings is 3. The molecule has 0 saturated carbocycles. The summed E-state index contributed by atoms with van der Waals surface area (Å²) in [5.74, 6) is -3.30. The van der Waals surface area contributed by atoms with Crippen molar-refractivity contribution >= 4 is 22.8 Å². The number of hydrogen-bond acceptors (Lipinski definition) is 10. The third-order valence-corrected chi connectivity index (χ3v) is 7.53. The zero-order valence-electron chi connectivity index (χ0n) is 24.8. The Morgan fingerprint density at radius 3 is 2.71 bits per heavy atom. The summed E-state index contributed by atoms with van der Waals surface area (Å²) in [5, 5.41) is 25.0. The van der Waals surface area contributed by atoms with E-state index in [1.807, 2.05) is 13.8 Å². The Bertz CT molecular complexity index is 1880. The molecule has 1 unspecified atom stereocenters. The number of carbonyl (C=O) groups is 1. The van der Waals surface area contributed by atoms with Crippen LogP contribution in [0.25, 0.3) is 27.8 Å². The summed E-state index contributed by atoms with van der Waals surface area (Å²) in [7, 11) is 1.27. The fourth-order valence-corrected chi connectivity index (χ4v) is 5.38. The molecule has 4 heterocycles. The molecule has 4 aromatic rings. The van der Waals surface area contributed by atoms with Crippen molar-refractivity contribution < 1.29 is 33.1 Å². The first-order chi connectivity index (χ1) is 21.5. The Kier molecular flexibility index (Phi) is 8.75. The molecule has 15 heteroatoms. The van der Waals surface area contributed by atoms with E-state index in [4.69, 9.17) is 9.47 Å². The SMILES string of the molecule is COc1cccc(F)c1-c1cc2c(nc1F)c(OC(=O)N1CCNC(CO)C1)c([N+](=O)[O-])c(=O)n2-c1c(C)ccnc1C(C)C. The molecule has 236 valence electrons. The molecule has 0 bridgehead atoms. The number of carbonyl (C=O) groups excluding carboxylic acids is 1. The fourth-order valence-electron chi connectivity index (χ4n) is 5.38. The van der Waals surface area contributed by atoms with Crippen LogP contribution >= 0.6 is 0 Å². The molecule has 1 fully saturated rings. The Labute approximate surface area is 255 Å². The highest BCUT2D eigenvalue weighted by Crippen LogP contribution is 2.40. The lowest BCUT2D eigenvalue weighted by molar-refractivity contribution is -0.387. The van der Waals surface area contributed by atoms with E-state index in [1.165, 1.54) is 30.3 Å². The standard InChI is InChI=1S/C30H30F2N6O7/c1-15(2)23-25(16(3)8-9-34-23)37-20-12-18(22-19(31)6-5-7-21(22)44-4)28(32)35-24(20)27(26(29(37)40)38(42)43)45-30(41)36-11-10-33-17(13-36)14-39/h5-9,12,15,17,33,39H,10-11,13-14H2,1-4H3. The minimum absolute atomic E-state index is 0.00374. The van der Waals surface area contributed by atoms with Gasteiger partial charge < -0.3 is 24.8 Å². The number of nitrogens with one attached hydrogen (secondary N) is 1. The van der Waals surface area contributed by atoms with Gasteiger partial charge in [-0.15, -0.1) is 0 Å². The van der Waals surface area contributed by atoms with Crippen LogP contribution in [-0.2, 0) is 0 Å². The molecule has 1 aromatic carbocycles. The summed E-state index contributed by atoms with van der Waals surface area (Å²) in [4.78, 5) is 48.4. The van der Waals surface area contributed by atoms with Crippen molar-refractivity contribution in [3.05, 3.63) is 80.0 Å². The van der Waals surface area contributed by atoms with E-state index in [0.29, 0.717) is 17.8 Å². The largest absolute Gasteiger partial charge is 0.496 e. The van der Waals surface area contributed by atoms with Gasteiger partial charge in [-0.3, -0.25) is 24.5 Å². The van der Waals surface area contributed by atoms with E-state index in [2.05, 4.69) is 15.3 Å². The molecule has 1 atom stereocenters. The average Bonchev–Trinajstić information content (AvgIpc) is 3.01. The first kappa shape index (κ1) is 31.4. The van der Waals surface area contributed by atoms with Crippen molar-refractivity contribution in [1.82, 2.24) is 24.8 Å². The molecule has 13 nitrogen and oxygen atoms in total. The lowest BCUT2D eigenvalue weighted by atomic mass is 10.0. The van der Waals surface area contributed by atoms with Gasteiger partial charge in [0, 0.05) is 37.4 Å². The minimum Gasteiger partial charge on any atom is -0.496 e. The van der Waals surface area contributed by atoms with E-state index in [9.17, 15) is 24.8 Å². The van der Waals surface area contributed by atoms with Gasteiger partial charge in [0.25, 0.3) is 0 Å². The topological polar surface area (TPSA) is 162 Å². The third-order valence-electron chi connectivity index (χ3n) is 7.53. The van der Waals surface area contributed by atoms with Gasteiger partial charge in [-0.25, -0.2) is 14.2 Å². The molecule has 1 amide bonds. The molecule has 5 rings (SSSR count). The van der Waals surface area contributed by atoms with E-state index in [1.54, 1.807) is 13.0 Å². The van der Waals surface area contributed by atoms with Gasteiger partial charge in [0.15, 0.2) is 0 Å². The molecule has 0 radical (unpaired) electrons. The van der Waals surface area contributed by atoms with Gasteiger partial charge in [0.2, 0.25) is 11.7 Å². The number of fused-ring (bicyclic) bond motifs is 1. The van der Waals surface area contributed by atoms with Crippen LogP contribution in [0.1, 0.15) is 31.0 Å². The van der Waals surface area contributed by atoms with Crippen molar-refractivity contribution in [2.45, 2.75) is 32.7 Å². The Balaban J connectivity index is 1.89. The van der Waals surface area contributed by atoms with Crippen molar-refractivity contribution in [1.29, 1.82) is 0 Å². The van der Waals surface area contributed by atoms with Crippen molar-refractivity contribution in [2.24, 2.45) is 0 Å². The molecule has 45 heavy (non-hydrogen) atoms. The summed E-state index contributed by atoms with van der Waals surface area (Å²) in [6, 6.07) is 6.10. The van der Waals surface area contributed by atoms with Crippen LogP contribution in [0.2, 0.25) is 0 Å². The van der Waals surface area contributed by atoms with Crippen LogP contribution in [0.4, 0.5) is 19.3 Å². The molecule has 0 aliphatic carbocycles. The average molecular weight is 625 g/mol. The fraction of sp³-hybridized carbons (Fsp3) is 0.333. The van der Waals surface area contributed by atoms with Crippen molar-refractivity contribution in [3.8, 4) is 28.3 Å². The number of hydrogen-bond donors (Lipinski definition) is 2. The Morgan fingerprint density at radius 2 is 2.04 bits per heavy atom. The van der Waals surface area contributed by atoms with Gasteiger partial charge in [-0.2, -0.15) is 4.39 Å². The maximum atomic E-state index is 15.9. The molecule has 2 N–H and O–H groups in total. The van der Waals surface area contributed by atoms with Crippen LogP contribution in [0.3, 0.4) is 0 Å². The Morgan fingerprint density at radius 1 is 1.29 bits per heavy atom. The van der Waals surface area contributed by atoms with Crippen molar-refractivity contribution in [2.75, 3.05) is 33.4 Å². The number of aryl methyl sites for hydroxylation is 1. The van der Waals surface area contributed by atoms with E-state index in [-0.39, 0.29) is 48.1 Å². The third kappa shape index (κ3) is 5.67. The van der Waals surface area contributed by atoms with Crippen LogP contribution in [0.15, 0.2) is 41.3 Å². The molecule has 0 spiro atoms. The van der Waals surface area contributed by atoms with Gasteiger partial charge in [-0.1, -0.05) is 19.9 Å². The van der Waals surface area contributed by atoms with Gasteiger partial charge >= 0.3 is 17.3 Å². The summed E-state index contributed by atoms with van der Waals surface area (Å²) >= 11 is 0. The second-order valence-electron chi connectivity index (χ2n) is 10.8. The number of nitrogens with zero attached hydrogens (tertiary/aromatic N) is 5. The number of nitro groups is 1. The number of rotatable bonds is 7. The van der Waals surface area contributed by atoms with E-state index < -0.39 is 56.9 Å². The summed E-state index contributed by atoms with van der Waals surface area (Å²) in [6.45, 7) is 5.42. The van der Waals surface area contributed by atoms with Crippen LogP contribution in [-0.4, -0.2) is 75.0 Å². The monoisotopic (exact) mass is 624 g/mol. The minimum atomic E-state index is -1.27. The smallest absolute Gasteiger partial charge is 0.415 e. The lowest BCUT2D eigenvalue weighted by Gasteiger charge is -2.31. The van der Waals surface area contributed by atoms with Gasteiger partial charge in [0.1, 0.15) is 17.1 Å². The number of benzene rings is 1. The van der Waals surface area contributed by atoms with E-state index in [0.717, 1.165) is 16.7 Å². The highest BCUT2D eigenvalue weighted by Gasteiger charge is 2.35. The normalized spacial score (nSPS) is 15.0. The highest BCUT2D eigenvalue weighted by molar-refractivity contribution is 5.92. The van der Waals surface area contributed by atoms with Crippen LogP contribution < -0.4 is 20.3 Å². The summed E-state index contributed by atoms with van der Waals surface area (Å²) in [5.41, 5.74) is -2.74. The number of ether oxygens (including phenoxy) is 2. The maximum absolute atomic E-state index is 15.9. The number of aliphatic hydroxyl groups is 1. The second-order valence-corrected chi connectivity index (χ2v) is 10.8. The predicted molar refractivity (Wildman–Crippen MR) is 159 cm³/mol. The highest BCUT2D eigenvalue weighted by atomic mass is 19.1. The van der Waals surface area contributed by atoms with Gasteiger partial charge in [0.05, 0.1) is 41.1 Å². The first-order valence-corrected chi connectivity index (χ1v) is 14.0. The zero-order valence-corrected chi connectivity index (χ0v) is 24.8.